The predicted octanol–water partition coefficient (Wildman–Crippen LogP) is 2.92. The van der Waals surface area contributed by atoms with Crippen molar-refractivity contribution in [3.8, 4) is 0 Å². The van der Waals surface area contributed by atoms with Crippen molar-refractivity contribution >= 4 is 17.6 Å². The summed E-state index contributed by atoms with van der Waals surface area (Å²) in [4.78, 5) is 27.7. The van der Waals surface area contributed by atoms with Gasteiger partial charge in [0.2, 0.25) is 5.91 Å². The highest BCUT2D eigenvalue weighted by molar-refractivity contribution is 5.84. The summed E-state index contributed by atoms with van der Waals surface area (Å²) in [6.45, 7) is 5.53. The lowest BCUT2D eigenvalue weighted by molar-refractivity contribution is -0.131. The van der Waals surface area contributed by atoms with E-state index in [4.69, 9.17) is 4.74 Å². The third kappa shape index (κ3) is 3.83. The molecule has 0 unspecified atom stereocenters. The maximum Gasteiger partial charge on any atom is 0.410 e. The van der Waals surface area contributed by atoms with E-state index in [-0.39, 0.29) is 30.2 Å². The van der Waals surface area contributed by atoms with Crippen molar-refractivity contribution in [1.82, 2.24) is 9.80 Å². The number of amides is 2. The highest BCUT2D eigenvalue weighted by Gasteiger charge is 2.37. The van der Waals surface area contributed by atoms with Crippen molar-refractivity contribution in [1.29, 1.82) is 0 Å². The lowest BCUT2D eigenvalue weighted by atomic mass is 9.99. The van der Waals surface area contributed by atoms with Gasteiger partial charge in [0, 0.05) is 13.1 Å². The number of rotatable bonds is 4. The van der Waals surface area contributed by atoms with Crippen molar-refractivity contribution in [3.05, 3.63) is 41.7 Å². The molecule has 2 heterocycles. The monoisotopic (exact) mass is 346 g/mol. The highest BCUT2D eigenvalue weighted by atomic mass is 19.1. The van der Waals surface area contributed by atoms with Crippen molar-refractivity contribution < 1.29 is 18.7 Å². The normalized spacial score (nSPS) is 20.7. The van der Waals surface area contributed by atoms with Gasteiger partial charge < -0.3 is 9.64 Å². The molecule has 2 amide bonds. The number of nitrogens with zero attached hydrogens (tertiary/aromatic N) is 2. The summed E-state index contributed by atoms with van der Waals surface area (Å²) in [7, 11) is 0. The molecule has 134 valence electrons. The number of halogens is 1. The zero-order chi connectivity index (χ0) is 18.0. The molecule has 0 aromatic heterocycles. The standard InChI is InChI=1S/C19H23FN2O3/c1-13(2)17-12-25-19(24)22(17)11-18(23)21-9-7-15(8-10-21)14-3-5-16(20)6-4-14/h3-7,13,17H,8-12H2,1-2H3/t17-/m1/s1. The summed E-state index contributed by atoms with van der Waals surface area (Å²) >= 11 is 0. The third-order valence-corrected chi connectivity index (χ3v) is 4.86. The average Bonchev–Trinajstić information content (AvgIpc) is 2.97. The van der Waals surface area contributed by atoms with Gasteiger partial charge in [-0.1, -0.05) is 32.1 Å². The molecule has 6 heteroatoms. The largest absolute Gasteiger partial charge is 0.447 e. The van der Waals surface area contributed by atoms with Crippen LogP contribution in [0.4, 0.5) is 9.18 Å². The van der Waals surface area contributed by atoms with Gasteiger partial charge in [0.05, 0.1) is 6.04 Å². The van der Waals surface area contributed by atoms with Gasteiger partial charge in [0.1, 0.15) is 19.0 Å². The second-order valence-electron chi connectivity index (χ2n) is 6.84. The number of cyclic esters (lactones) is 1. The Labute approximate surface area is 147 Å². The minimum absolute atomic E-state index is 0.0495. The first kappa shape index (κ1) is 17.5. The van der Waals surface area contributed by atoms with Gasteiger partial charge in [-0.15, -0.1) is 0 Å². The summed E-state index contributed by atoms with van der Waals surface area (Å²) in [5, 5.41) is 0. The summed E-state index contributed by atoms with van der Waals surface area (Å²) in [6.07, 6.45) is 2.30. The predicted molar refractivity (Wildman–Crippen MR) is 92.3 cm³/mol. The average molecular weight is 346 g/mol. The lowest BCUT2D eigenvalue weighted by Crippen LogP contribution is -2.46. The molecule has 5 nitrogen and oxygen atoms in total. The molecule has 0 saturated carbocycles. The fourth-order valence-electron chi connectivity index (χ4n) is 3.27. The van der Waals surface area contributed by atoms with Crippen LogP contribution in [0.3, 0.4) is 0 Å². The summed E-state index contributed by atoms with van der Waals surface area (Å²) in [6, 6.07) is 6.35. The molecule has 1 saturated heterocycles. The van der Waals surface area contributed by atoms with E-state index in [1.165, 1.54) is 17.0 Å². The first-order valence-corrected chi connectivity index (χ1v) is 8.62. The fraction of sp³-hybridized carbons (Fsp3) is 0.474. The number of benzene rings is 1. The first-order valence-electron chi connectivity index (χ1n) is 8.62. The molecule has 0 N–H and O–H groups in total. The van der Waals surface area contributed by atoms with Gasteiger partial charge >= 0.3 is 6.09 Å². The summed E-state index contributed by atoms with van der Waals surface area (Å²) in [5.41, 5.74) is 2.10. The smallest absolute Gasteiger partial charge is 0.410 e. The SMILES string of the molecule is CC(C)[C@H]1COC(=O)N1CC(=O)N1CC=C(c2ccc(F)cc2)CC1. The molecular formula is C19H23FN2O3. The number of carbonyl (C=O) groups excluding carboxylic acids is 2. The third-order valence-electron chi connectivity index (χ3n) is 4.86. The molecule has 1 aromatic rings. The van der Waals surface area contributed by atoms with Crippen molar-refractivity contribution in [2.24, 2.45) is 5.92 Å². The van der Waals surface area contributed by atoms with Crippen LogP contribution in [0, 0.1) is 11.7 Å². The highest BCUT2D eigenvalue weighted by Crippen LogP contribution is 2.24. The molecule has 0 bridgehead atoms. The number of hydrogen-bond acceptors (Lipinski definition) is 3. The fourth-order valence-corrected chi connectivity index (χ4v) is 3.27. The Morgan fingerprint density at radius 2 is 2.04 bits per heavy atom. The molecular weight excluding hydrogens is 323 g/mol. The van der Waals surface area contributed by atoms with Crippen molar-refractivity contribution in [2.45, 2.75) is 26.3 Å². The van der Waals surface area contributed by atoms with Gasteiger partial charge in [-0.25, -0.2) is 9.18 Å². The molecule has 0 radical (unpaired) electrons. The molecule has 1 atom stereocenters. The van der Waals surface area contributed by atoms with Crippen LogP contribution in [-0.4, -0.2) is 54.1 Å². The summed E-state index contributed by atoms with van der Waals surface area (Å²) in [5.74, 6) is -0.0846. The van der Waals surface area contributed by atoms with Crippen LogP contribution in [0.5, 0.6) is 0 Å². The molecule has 1 fully saturated rings. The molecule has 1 aromatic carbocycles. The van der Waals surface area contributed by atoms with Gasteiger partial charge in [-0.2, -0.15) is 0 Å². The lowest BCUT2D eigenvalue weighted by Gasteiger charge is -2.30. The molecule has 25 heavy (non-hydrogen) atoms. The number of hydrogen-bond donors (Lipinski definition) is 0. The van der Waals surface area contributed by atoms with E-state index in [9.17, 15) is 14.0 Å². The zero-order valence-electron chi connectivity index (χ0n) is 14.6. The molecule has 2 aliphatic rings. The van der Waals surface area contributed by atoms with Crippen molar-refractivity contribution in [3.63, 3.8) is 0 Å². The first-order chi connectivity index (χ1) is 12.0. The Kier molecular flexibility index (Phi) is 5.06. The zero-order valence-corrected chi connectivity index (χ0v) is 14.6. The Hall–Kier alpha value is -2.37. The van der Waals surface area contributed by atoms with Gasteiger partial charge in [0.15, 0.2) is 0 Å². The molecule has 0 spiro atoms. The van der Waals surface area contributed by atoms with E-state index < -0.39 is 6.09 Å². The van der Waals surface area contributed by atoms with Crippen LogP contribution in [0.15, 0.2) is 30.3 Å². The topological polar surface area (TPSA) is 49.9 Å². The van der Waals surface area contributed by atoms with Crippen LogP contribution in [0.1, 0.15) is 25.8 Å². The maximum atomic E-state index is 13.0. The Balaban J connectivity index is 1.61. The maximum absolute atomic E-state index is 13.0. The van der Waals surface area contributed by atoms with Crippen LogP contribution in [0.2, 0.25) is 0 Å². The van der Waals surface area contributed by atoms with Crippen LogP contribution in [-0.2, 0) is 9.53 Å². The van der Waals surface area contributed by atoms with E-state index in [0.29, 0.717) is 19.7 Å². The second kappa shape index (κ2) is 7.25. The molecule has 2 aliphatic heterocycles. The van der Waals surface area contributed by atoms with Crippen LogP contribution < -0.4 is 0 Å². The Bertz CT molecular complexity index is 684. The number of ether oxygens (including phenoxy) is 1. The molecule has 3 rings (SSSR count). The minimum Gasteiger partial charge on any atom is -0.447 e. The molecule has 0 aliphatic carbocycles. The quantitative estimate of drug-likeness (QED) is 0.842. The Morgan fingerprint density at radius 3 is 2.64 bits per heavy atom. The Morgan fingerprint density at radius 1 is 1.32 bits per heavy atom. The van der Waals surface area contributed by atoms with Crippen LogP contribution in [0.25, 0.3) is 5.57 Å². The van der Waals surface area contributed by atoms with Crippen LogP contribution >= 0.6 is 0 Å². The van der Waals surface area contributed by atoms with Gasteiger partial charge in [-0.3, -0.25) is 9.69 Å². The van der Waals surface area contributed by atoms with E-state index in [2.05, 4.69) is 0 Å². The van der Waals surface area contributed by atoms with Crippen molar-refractivity contribution in [2.75, 3.05) is 26.2 Å². The van der Waals surface area contributed by atoms with E-state index in [1.807, 2.05) is 19.9 Å². The van der Waals surface area contributed by atoms with Gasteiger partial charge in [-0.05, 0) is 35.6 Å². The second-order valence-corrected chi connectivity index (χ2v) is 6.84. The minimum atomic E-state index is -0.411. The summed E-state index contributed by atoms with van der Waals surface area (Å²) < 4.78 is 18.1. The van der Waals surface area contributed by atoms with E-state index in [0.717, 1.165) is 17.6 Å². The van der Waals surface area contributed by atoms with Gasteiger partial charge in [0.25, 0.3) is 0 Å². The van der Waals surface area contributed by atoms with E-state index >= 15 is 0 Å². The number of carbonyl (C=O) groups is 2. The van der Waals surface area contributed by atoms with E-state index in [1.54, 1.807) is 17.0 Å².